The van der Waals surface area contributed by atoms with E-state index in [1.165, 1.54) is 11.9 Å². The van der Waals surface area contributed by atoms with Crippen molar-refractivity contribution in [3.63, 3.8) is 0 Å². The van der Waals surface area contributed by atoms with Crippen molar-refractivity contribution < 1.29 is 0 Å². The predicted octanol–water partition coefficient (Wildman–Crippen LogP) is 1.95. The maximum atomic E-state index is 11.5. The van der Waals surface area contributed by atoms with Crippen molar-refractivity contribution >= 4 is 28.2 Å². The summed E-state index contributed by atoms with van der Waals surface area (Å²) >= 11 is 0. The fourth-order valence-corrected chi connectivity index (χ4v) is 1.91. The van der Waals surface area contributed by atoms with Gasteiger partial charge in [0.1, 0.15) is 17.8 Å². The molecule has 0 aliphatic rings. The Morgan fingerprint density at radius 2 is 1.95 bits per heavy atom. The summed E-state index contributed by atoms with van der Waals surface area (Å²) in [7, 11) is 0. The van der Waals surface area contributed by atoms with Gasteiger partial charge in [0.2, 0.25) is 0 Å². The third-order valence-electron chi connectivity index (χ3n) is 2.99. The number of hydrogen-bond acceptors (Lipinski definition) is 5. The second kappa shape index (κ2) is 4.65. The van der Waals surface area contributed by atoms with Crippen molar-refractivity contribution in [3.05, 3.63) is 52.6 Å². The number of aromatic nitrogens is 3. The minimum absolute atomic E-state index is 0.138. The second-order valence-corrected chi connectivity index (χ2v) is 4.53. The summed E-state index contributed by atoms with van der Waals surface area (Å²) in [5, 5.41) is 3.86. The van der Waals surface area contributed by atoms with Crippen LogP contribution in [0.15, 0.2) is 41.5 Å². The Morgan fingerprint density at radius 3 is 2.70 bits per heavy atom. The molecule has 1 aromatic carbocycles. The molecule has 0 saturated carbocycles. The van der Waals surface area contributed by atoms with Crippen LogP contribution < -0.4 is 16.6 Å². The lowest BCUT2D eigenvalue weighted by Crippen LogP contribution is -2.12. The first-order valence-electron chi connectivity index (χ1n) is 6.11. The van der Waals surface area contributed by atoms with Gasteiger partial charge in [-0.1, -0.05) is 17.7 Å². The number of nitrogen functional groups attached to an aromatic ring is 1. The third kappa shape index (κ3) is 2.18. The van der Waals surface area contributed by atoms with Gasteiger partial charge in [-0.2, -0.15) is 0 Å². The van der Waals surface area contributed by atoms with E-state index in [2.05, 4.69) is 20.3 Å². The summed E-state index contributed by atoms with van der Waals surface area (Å²) in [5.74, 6) is 0.599. The molecule has 0 spiro atoms. The molecule has 0 amide bonds. The van der Waals surface area contributed by atoms with Gasteiger partial charge >= 0.3 is 0 Å². The predicted molar refractivity (Wildman–Crippen MR) is 79.0 cm³/mol. The number of nitrogens with two attached hydrogens (primary N) is 1. The molecule has 3 aromatic rings. The smallest absolute Gasteiger partial charge is 0.272 e. The van der Waals surface area contributed by atoms with E-state index in [0.717, 1.165) is 5.69 Å². The summed E-state index contributed by atoms with van der Waals surface area (Å²) in [4.78, 5) is 22.3. The number of nitrogens with one attached hydrogen (secondary N) is 2. The maximum Gasteiger partial charge on any atom is 0.272 e. The summed E-state index contributed by atoms with van der Waals surface area (Å²) in [6.07, 6.45) is 1.39. The van der Waals surface area contributed by atoms with Crippen molar-refractivity contribution in [2.45, 2.75) is 6.92 Å². The number of nitrogens with zero attached hydrogens (tertiary/aromatic N) is 2. The zero-order valence-electron chi connectivity index (χ0n) is 10.8. The van der Waals surface area contributed by atoms with Gasteiger partial charge < -0.3 is 16.0 Å². The number of fused-ring (bicyclic) bond motifs is 1. The molecule has 6 heteroatoms. The zero-order valence-corrected chi connectivity index (χ0v) is 10.8. The number of anilines is 3. The van der Waals surface area contributed by atoms with E-state index >= 15 is 0 Å². The molecular weight excluding hydrogens is 254 g/mol. The van der Waals surface area contributed by atoms with Gasteiger partial charge in [-0.15, -0.1) is 0 Å². The van der Waals surface area contributed by atoms with E-state index in [1.807, 2.05) is 31.2 Å². The van der Waals surface area contributed by atoms with Gasteiger partial charge in [0, 0.05) is 5.69 Å². The lowest BCUT2D eigenvalue weighted by molar-refractivity contribution is 1.16. The fraction of sp³-hybridized carbons (Fsp3) is 0.0714. The Bertz CT molecular complexity index is 823. The van der Waals surface area contributed by atoms with E-state index in [0.29, 0.717) is 16.9 Å². The standard InChI is InChI=1S/C14H13N5O/c1-8-2-4-9(5-3-8)18-12-10-6-11(15)14(20)19-13(10)17-7-16-12/h2-7H,15H2,1H3,(H2,16,17,18,19,20). The van der Waals surface area contributed by atoms with Gasteiger partial charge in [0.15, 0.2) is 0 Å². The Hall–Kier alpha value is -2.89. The molecule has 6 nitrogen and oxygen atoms in total. The molecule has 3 rings (SSSR count). The van der Waals surface area contributed by atoms with E-state index in [9.17, 15) is 4.79 Å². The van der Waals surface area contributed by atoms with Crippen LogP contribution in [-0.4, -0.2) is 15.0 Å². The van der Waals surface area contributed by atoms with Crippen molar-refractivity contribution in [2.24, 2.45) is 0 Å². The van der Waals surface area contributed by atoms with Gasteiger partial charge in [0.05, 0.1) is 11.1 Å². The van der Waals surface area contributed by atoms with Gasteiger partial charge in [-0.25, -0.2) is 9.97 Å². The average Bonchev–Trinajstić information content (AvgIpc) is 2.43. The van der Waals surface area contributed by atoms with Crippen LogP contribution in [0.4, 0.5) is 17.2 Å². The summed E-state index contributed by atoms with van der Waals surface area (Å²) in [6, 6.07) is 9.49. The number of hydrogen-bond donors (Lipinski definition) is 3. The molecule has 20 heavy (non-hydrogen) atoms. The molecule has 0 radical (unpaired) electrons. The van der Waals surface area contributed by atoms with Gasteiger partial charge in [0.25, 0.3) is 5.56 Å². The maximum absolute atomic E-state index is 11.5. The first-order valence-corrected chi connectivity index (χ1v) is 6.11. The highest BCUT2D eigenvalue weighted by molar-refractivity contribution is 5.89. The molecule has 2 heterocycles. The third-order valence-corrected chi connectivity index (χ3v) is 2.99. The van der Waals surface area contributed by atoms with Crippen LogP contribution >= 0.6 is 0 Å². The molecule has 0 saturated heterocycles. The molecule has 2 aromatic heterocycles. The monoisotopic (exact) mass is 267 g/mol. The fourth-order valence-electron chi connectivity index (χ4n) is 1.91. The van der Waals surface area contributed by atoms with Gasteiger partial charge in [-0.05, 0) is 25.1 Å². The molecule has 0 unspecified atom stereocenters. The number of rotatable bonds is 2. The lowest BCUT2D eigenvalue weighted by atomic mass is 10.2. The summed E-state index contributed by atoms with van der Waals surface area (Å²) in [5.41, 5.74) is 7.96. The van der Waals surface area contributed by atoms with Crippen LogP contribution in [0.2, 0.25) is 0 Å². The topological polar surface area (TPSA) is 96.7 Å². The molecule has 0 fully saturated rings. The molecule has 0 atom stereocenters. The minimum atomic E-state index is -0.350. The minimum Gasteiger partial charge on any atom is -0.394 e. The van der Waals surface area contributed by atoms with Crippen molar-refractivity contribution in [1.29, 1.82) is 0 Å². The molecule has 0 bridgehead atoms. The van der Waals surface area contributed by atoms with Crippen LogP contribution in [-0.2, 0) is 0 Å². The van der Waals surface area contributed by atoms with E-state index in [1.54, 1.807) is 6.07 Å². The van der Waals surface area contributed by atoms with Crippen molar-refractivity contribution in [3.8, 4) is 0 Å². The molecule has 0 aliphatic carbocycles. The molecule has 100 valence electrons. The van der Waals surface area contributed by atoms with Crippen LogP contribution in [0, 0.1) is 6.92 Å². The molecular formula is C14H13N5O. The first kappa shape index (κ1) is 12.2. The van der Waals surface area contributed by atoms with Crippen LogP contribution in [0.25, 0.3) is 11.0 Å². The number of aryl methyl sites for hydroxylation is 1. The van der Waals surface area contributed by atoms with E-state index in [-0.39, 0.29) is 11.2 Å². The van der Waals surface area contributed by atoms with Crippen molar-refractivity contribution in [2.75, 3.05) is 11.1 Å². The van der Waals surface area contributed by atoms with Crippen LogP contribution in [0.5, 0.6) is 0 Å². The van der Waals surface area contributed by atoms with Crippen LogP contribution in [0.3, 0.4) is 0 Å². The number of pyridine rings is 1. The number of H-pyrrole nitrogens is 1. The summed E-state index contributed by atoms with van der Waals surface area (Å²) < 4.78 is 0. The molecule has 4 N–H and O–H groups in total. The quantitative estimate of drug-likeness (QED) is 0.659. The van der Waals surface area contributed by atoms with Crippen molar-refractivity contribution in [1.82, 2.24) is 15.0 Å². The first-order chi connectivity index (χ1) is 9.63. The highest BCUT2D eigenvalue weighted by Crippen LogP contribution is 2.22. The highest BCUT2D eigenvalue weighted by atomic mass is 16.1. The largest absolute Gasteiger partial charge is 0.394 e. The van der Waals surface area contributed by atoms with Gasteiger partial charge in [-0.3, -0.25) is 4.79 Å². The van der Waals surface area contributed by atoms with E-state index < -0.39 is 0 Å². The normalized spacial score (nSPS) is 10.7. The zero-order chi connectivity index (χ0) is 14.1. The number of benzene rings is 1. The lowest BCUT2D eigenvalue weighted by Gasteiger charge is -2.08. The summed E-state index contributed by atoms with van der Waals surface area (Å²) in [6.45, 7) is 2.02. The Balaban J connectivity index is 2.09. The Labute approximate surface area is 114 Å². The highest BCUT2D eigenvalue weighted by Gasteiger charge is 2.07. The number of aromatic amines is 1. The Kier molecular flexibility index (Phi) is 2.83. The SMILES string of the molecule is Cc1ccc(Nc2ncnc3[nH]c(=O)c(N)cc23)cc1. The average molecular weight is 267 g/mol. The Morgan fingerprint density at radius 1 is 1.20 bits per heavy atom. The van der Waals surface area contributed by atoms with Crippen LogP contribution in [0.1, 0.15) is 5.56 Å². The second-order valence-electron chi connectivity index (χ2n) is 4.53. The van der Waals surface area contributed by atoms with E-state index in [4.69, 9.17) is 5.73 Å². The molecule has 0 aliphatic heterocycles.